The van der Waals surface area contributed by atoms with Gasteiger partial charge in [0, 0.05) is 26.2 Å². The third-order valence-corrected chi connectivity index (χ3v) is 3.71. The molecule has 0 atom stereocenters. The summed E-state index contributed by atoms with van der Waals surface area (Å²) >= 11 is 0. The van der Waals surface area contributed by atoms with Crippen molar-refractivity contribution in [3.05, 3.63) is 35.9 Å². The highest BCUT2D eigenvalue weighted by atomic mass is 16.2. The molecule has 1 aromatic rings. The van der Waals surface area contributed by atoms with Crippen LogP contribution in [0.1, 0.15) is 33.3 Å². The van der Waals surface area contributed by atoms with Crippen molar-refractivity contribution in [3.8, 4) is 0 Å². The molecule has 0 aromatic heterocycles. The molecule has 0 spiro atoms. The maximum atomic E-state index is 12.7. The molecule has 122 valence electrons. The molecule has 5 heteroatoms. The van der Waals surface area contributed by atoms with Gasteiger partial charge in [-0.3, -0.25) is 0 Å². The number of nitrogens with zero attached hydrogens (tertiary/aromatic N) is 3. The summed E-state index contributed by atoms with van der Waals surface area (Å²) in [6.45, 7) is 10.3. The van der Waals surface area contributed by atoms with Crippen molar-refractivity contribution in [2.24, 2.45) is 0 Å². The first-order valence-corrected chi connectivity index (χ1v) is 7.98. The van der Waals surface area contributed by atoms with Gasteiger partial charge < -0.3 is 9.80 Å². The normalized spacial score (nSPS) is 10.2. The van der Waals surface area contributed by atoms with Crippen LogP contribution in [0.4, 0.5) is 9.59 Å². The number of carbonyl (C=O) groups excluding carboxylic acids is 2. The van der Waals surface area contributed by atoms with Crippen LogP contribution in [-0.2, 0) is 6.54 Å². The van der Waals surface area contributed by atoms with E-state index in [0.29, 0.717) is 32.7 Å². The van der Waals surface area contributed by atoms with Crippen LogP contribution in [0.25, 0.3) is 0 Å². The maximum Gasteiger partial charge on any atom is 0.328 e. The molecule has 5 nitrogen and oxygen atoms in total. The molecular weight excluding hydrogens is 278 g/mol. The smallest absolute Gasteiger partial charge is 0.325 e. The Labute approximate surface area is 133 Å². The molecule has 0 fully saturated rings. The van der Waals surface area contributed by atoms with Crippen LogP contribution in [0, 0.1) is 0 Å². The topological polar surface area (TPSA) is 43.9 Å². The quantitative estimate of drug-likeness (QED) is 0.808. The van der Waals surface area contributed by atoms with Gasteiger partial charge in [-0.15, -0.1) is 0 Å². The highest BCUT2D eigenvalue weighted by Crippen LogP contribution is 2.11. The number of amides is 4. The third-order valence-electron chi connectivity index (χ3n) is 3.71. The lowest BCUT2D eigenvalue weighted by atomic mass is 10.2. The largest absolute Gasteiger partial charge is 0.328 e. The van der Waals surface area contributed by atoms with Crippen LogP contribution >= 0.6 is 0 Å². The van der Waals surface area contributed by atoms with Crippen LogP contribution in [0.5, 0.6) is 0 Å². The number of imide groups is 1. The Balaban J connectivity index is 3.03. The number of rotatable bonds is 6. The van der Waals surface area contributed by atoms with Gasteiger partial charge in [0.25, 0.3) is 0 Å². The van der Waals surface area contributed by atoms with E-state index < -0.39 is 0 Å². The molecule has 1 aromatic carbocycles. The summed E-state index contributed by atoms with van der Waals surface area (Å²) in [5, 5.41) is 0. The second-order valence-electron chi connectivity index (χ2n) is 4.98. The van der Waals surface area contributed by atoms with Gasteiger partial charge in [-0.05, 0) is 33.3 Å². The minimum atomic E-state index is -0.231. The fourth-order valence-corrected chi connectivity index (χ4v) is 2.31. The maximum absolute atomic E-state index is 12.7. The van der Waals surface area contributed by atoms with Gasteiger partial charge >= 0.3 is 12.1 Å². The molecule has 0 radical (unpaired) electrons. The average molecular weight is 305 g/mol. The molecule has 0 aliphatic heterocycles. The van der Waals surface area contributed by atoms with Crippen molar-refractivity contribution >= 4 is 12.1 Å². The van der Waals surface area contributed by atoms with E-state index in [2.05, 4.69) is 0 Å². The van der Waals surface area contributed by atoms with Crippen LogP contribution in [0.2, 0.25) is 0 Å². The summed E-state index contributed by atoms with van der Waals surface area (Å²) in [4.78, 5) is 30.1. The Morgan fingerprint density at radius 3 is 1.55 bits per heavy atom. The SMILES string of the molecule is CCN(CC)C(=O)N(Cc1ccccc1)C(=O)N(CC)CC. The number of carbonyl (C=O) groups is 2. The van der Waals surface area contributed by atoms with E-state index in [1.807, 2.05) is 58.0 Å². The monoisotopic (exact) mass is 305 g/mol. The second kappa shape index (κ2) is 9.07. The van der Waals surface area contributed by atoms with E-state index >= 15 is 0 Å². The summed E-state index contributed by atoms with van der Waals surface area (Å²) < 4.78 is 0. The molecule has 0 aliphatic rings. The predicted molar refractivity (Wildman–Crippen MR) is 88.6 cm³/mol. The van der Waals surface area contributed by atoms with E-state index in [-0.39, 0.29) is 12.1 Å². The number of hydrogen-bond donors (Lipinski definition) is 0. The first-order chi connectivity index (χ1) is 10.6. The van der Waals surface area contributed by atoms with Gasteiger partial charge in [-0.2, -0.15) is 0 Å². The molecule has 22 heavy (non-hydrogen) atoms. The van der Waals surface area contributed by atoms with Crippen LogP contribution in [0.15, 0.2) is 30.3 Å². The Kier molecular flexibility index (Phi) is 7.43. The molecule has 0 unspecified atom stereocenters. The molecule has 4 amide bonds. The van der Waals surface area contributed by atoms with Crippen LogP contribution < -0.4 is 0 Å². The van der Waals surface area contributed by atoms with Gasteiger partial charge in [0.05, 0.1) is 6.54 Å². The van der Waals surface area contributed by atoms with Crippen LogP contribution in [-0.4, -0.2) is 52.9 Å². The number of benzene rings is 1. The summed E-state index contributed by atoms with van der Waals surface area (Å²) in [5.74, 6) is 0. The molecule has 0 saturated carbocycles. The Morgan fingerprint density at radius 1 is 0.773 bits per heavy atom. The van der Waals surface area contributed by atoms with Gasteiger partial charge in [-0.25, -0.2) is 14.5 Å². The molecule has 1 rings (SSSR count). The molecule has 0 saturated heterocycles. The number of hydrogen-bond acceptors (Lipinski definition) is 2. The minimum absolute atomic E-state index is 0.231. The van der Waals surface area contributed by atoms with E-state index in [4.69, 9.17) is 0 Å². The summed E-state index contributed by atoms with van der Waals surface area (Å²) in [5.41, 5.74) is 0.948. The molecule has 0 bridgehead atoms. The van der Waals surface area contributed by atoms with Crippen molar-refractivity contribution in [2.45, 2.75) is 34.2 Å². The average Bonchev–Trinajstić information content (AvgIpc) is 2.55. The molecule has 0 heterocycles. The third kappa shape index (κ3) is 4.48. The number of urea groups is 2. The van der Waals surface area contributed by atoms with Crippen molar-refractivity contribution < 1.29 is 9.59 Å². The van der Waals surface area contributed by atoms with E-state index in [9.17, 15) is 9.59 Å². The zero-order valence-corrected chi connectivity index (χ0v) is 14.1. The zero-order valence-electron chi connectivity index (χ0n) is 14.1. The Bertz CT molecular complexity index is 444. The lowest BCUT2D eigenvalue weighted by Crippen LogP contribution is -2.50. The van der Waals surface area contributed by atoms with E-state index in [0.717, 1.165) is 5.56 Å². The fraction of sp³-hybridized carbons (Fsp3) is 0.529. The van der Waals surface area contributed by atoms with Crippen molar-refractivity contribution in [2.75, 3.05) is 26.2 Å². The highest BCUT2D eigenvalue weighted by molar-refractivity contribution is 5.93. The van der Waals surface area contributed by atoms with Crippen molar-refractivity contribution in [1.29, 1.82) is 0 Å². The van der Waals surface area contributed by atoms with E-state index in [1.165, 1.54) is 4.90 Å². The lowest BCUT2D eigenvalue weighted by Gasteiger charge is -2.31. The van der Waals surface area contributed by atoms with Crippen LogP contribution in [0.3, 0.4) is 0 Å². The Hall–Kier alpha value is -2.04. The standard InChI is InChI=1S/C17H27N3O2/c1-5-18(6-2)16(21)20(17(22)19(7-3)8-4)14-15-12-10-9-11-13-15/h9-13H,5-8,14H2,1-4H3. The Morgan fingerprint density at radius 2 is 1.18 bits per heavy atom. The second-order valence-corrected chi connectivity index (χ2v) is 4.98. The van der Waals surface area contributed by atoms with Gasteiger partial charge in [0.1, 0.15) is 0 Å². The summed E-state index contributed by atoms with van der Waals surface area (Å²) in [6.07, 6.45) is 0. The lowest BCUT2D eigenvalue weighted by molar-refractivity contribution is 0.135. The predicted octanol–water partition coefficient (Wildman–Crippen LogP) is 3.41. The first-order valence-electron chi connectivity index (χ1n) is 7.98. The molecule has 0 N–H and O–H groups in total. The van der Waals surface area contributed by atoms with Crippen molar-refractivity contribution in [1.82, 2.24) is 14.7 Å². The molecule has 0 aliphatic carbocycles. The van der Waals surface area contributed by atoms with Gasteiger partial charge in [-0.1, -0.05) is 30.3 Å². The van der Waals surface area contributed by atoms with Gasteiger partial charge in [0.2, 0.25) is 0 Å². The van der Waals surface area contributed by atoms with Crippen molar-refractivity contribution in [3.63, 3.8) is 0 Å². The summed E-state index contributed by atoms with van der Waals surface area (Å²) in [6, 6.07) is 9.15. The van der Waals surface area contributed by atoms with Gasteiger partial charge in [0.15, 0.2) is 0 Å². The highest BCUT2D eigenvalue weighted by Gasteiger charge is 2.28. The summed E-state index contributed by atoms with van der Waals surface area (Å²) in [7, 11) is 0. The minimum Gasteiger partial charge on any atom is -0.325 e. The fourth-order valence-electron chi connectivity index (χ4n) is 2.31. The van der Waals surface area contributed by atoms with E-state index in [1.54, 1.807) is 9.80 Å². The molecular formula is C17H27N3O2. The zero-order chi connectivity index (χ0) is 16.5. The first kappa shape index (κ1) is 18.0.